The quantitative estimate of drug-likeness (QED) is 0.455. The number of aryl methyl sites for hydroxylation is 2. The summed E-state index contributed by atoms with van der Waals surface area (Å²) in [5.41, 5.74) is 2.91. The minimum Gasteiger partial charge on any atom is -0.336 e. The van der Waals surface area contributed by atoms with Crippen LogP contribution in [-0.2, 0) is 6.54 Å². The van der Waals surface area contributed by atoms with Gasteiger partial charge in [0.2, 0.25) is 0 Å². The Labute approximate surface area is 155 Å². The van der Waals surface area contributed by atoms with Gasteiger partial charge in [-0.2, -0.15) is 0 Å². The Balaban J connectivity index is 1.94. The molecule has 2 aromatic heterocycles. The fourth-order valence-corrected chi connectivity index (χ4v) is 4.25. The number of halogens is 2. The summed E-state index contributed by atoms with van der Waals surface area (Å²) >= 11 is 14.1. The largest absolute Gasteiger partial charge is 0.336 e. The van der Waals surface area contributed by atoms with E-state index in [1.807, 2.05) is 42.8 Å². The van der Waals surface area contributed by atoms with E-state index in [4.69, 9.17) is 23.2 Å². The van der Waals surface area contributed by atoms with Gasteiger partial charge in [0.05, 0.1) is 11.6 Å². The van der Waals surface area contributed by atoms with E-state index >= 15 is 0 Å². The van der Waals surface area contributed by atoms with Crippen LogP contribution in [0.4, 0.5) is 0 Å². The molecule has 0 saturated carbocycles. The van der Waals surface area contributed by atoms with Crippen molar-refractivity contribution < 1.29 is 0 Å². The molecule has 0 radical (unpaired) electrons. The summed E-state index contributed by atoms with van der Waals surface area (Å²) in [5.74, 6) is 0. The van der Waals surface area contributed by atoms with Crippen molar-refractivity contribution in [2.45, 2.75) is 30.8 Å². The number of aromatic nitrogens is 4. The number of hydrogen-bond acceptors (Lipinski definition) is 4. The van der Waals surface area contributed by atoms with Crippen LogP contribution in [0.25, 0.3) is 0 Å². The number of imidazole rings is 1. The Morgan fingerprint density at radius 3 is 2.50 bits per heavy atom. The number of thioether (sulfide) groups is 1. The molecule has 0 aliphatic heterocycles. The lowest BCUT2D eigenvalue weighted by Gasteiger charge is -2.18. The van der Waals surface area contributed by atoms with Crippen molar-refractivity contribution in [1.82, 2.24) is 19.5 Å². The Kier molecular flexibility index (Phi) is 5.43. The van der Waals surface area contributed by atoms with Crippen LogP contribution in [0.5, 0.6) is 0 Å². The van der Waals surface area contributed by atoms with Gasteiger partial charge < -0.3 is 4.57 Å². The van der Waals surface area contributed by atoms with Crippen LogP contribution in [0, 0.1) is 13.8 Å². The lowest BCUT2D eigenvalue weighted by atomic mass is 10.1. The molecule has 0 aliphatic rings. The van der Waals surface area contributed by atoms with Gasteiger partial charge in [-0.1, -0.05) is 41.0 Å². The Morgan fingerprint density at radius 1 is 1.12 bits per heavy atom. The van der Waals surface area contributed by atoms with Crippen molar-refractivity contribution in [2.75, 3.05) is 0 Å². The van der Waals surface area contributed by atoms with E-state index in [1.165, 1.54) is 0 Å². The van der Waals surface area contributed by atoms with Gasteiger partial charge in [0.25, 0.3) is 0 Å². The van der Waals surface area contributed by atoms with Crippen LogP contribution in [0.15, 0.2) is 48.1 Å². The van der Waals surface area contributed by atoms with E-state index in [-0.39, 0.29) is 5.25 Å². The summed E-state index contributed by atoms with van der Waals surface area (Å²) in [4.78, 5) is 13.2. The highest BCUT2D eigenvalue weighted by molar-refractivity contribution is 7.99. The predicted molar refractivity (Wildman–Crippen MR) is 98.8 cm³/mol. The van der Waals surface area contributed by atoms with Crippen LogP contribution < -0.4 is 0 Å². The number of nitrogens with zero attached hydrogens (tertiary/aromatic N) is 4. The van der Waals surface area contributed by atoms with Gasteiger partial charge in [-0.3, -0.25) is 0 Å². The van der Waals surface area contributed by atoms with Crippen LogP contribution in [-0.4, -0.2) is 19.5 Å². The van der Waals surface area contributed by atoms with Crippen LogP contribution >= 0.6 is 35.0 Å². The van der Waals surface area contributed by atoms with Crippen LogP contribution in [0.3, 0.4) is 0 Å². The topological polar surface area (TPSA) is 43.6 Å². The summed E-state index contributed by atoms with van der Waals surface area (Å²) < 4.78 is 2.02. The molecule has 1 aromatic carbocycles. The third kappa shape index (κ3) is 4.29. The molecule has 3 rings (SSSR count). The smallest absolute Gasteiger partial charge is 0.188 e. The van der Waals surface area contributed by atoms with Gasteiger partial charge in [0.1, 0.15) is 0 Å². The van der Waals surface area contributed by atoms with E-state index in [9.17, 15) is 0 Å². The zero-order chi connectivity index (χ0) is 17.1. The van der Waals surface area contributed by atoms with Crippen LogP contribution in [0.1, 0.15) is 22.2 Å². The minimum atomic E-state index is 0.0465. The Bertz CT molecular complexity index is 816. The monoisotopic (exact) mass is 378 g/mol. The third-order valence-electron chi connectivity index (χ3n) is 3.45. The number of benzene rings is 1. The lowest BCUT2D eigenvalue weighted by Crippen LogP contribution is -2.07. The van der Waals surface area contributed by atoms with Crippen molar-refractivity contribution in [3.05, 3.63) is 70.0 Å². The molecule has 124 valence electrons. The van der Waals surface area contributed by atoms with Crippen molar-refractivity contribution in [2.24, 2.45) is 0 Å². The molecule has 24 heavy (non-hydrogen) atoms. The van der Waals surface area contributed by atoms with Crippen molar-refractivity contribution in [3.63, 3.8) is 0 Å². The molecule has 0 bridgehead atoms. The molecule has 0 amide bonds. The maximum Gasteiger partial charge on any atom is 0.188 e. The molecule has 0 N–H and O–H groups in total. The molecular weight excluding hydrogens is 363 g/mol. The normalized spacial score (nSPS) is 12.3. The lowest BCUT2D eigenvalue weighted by molar-refractivity contribution is 0.681. The summed E-state index contributed by atoms with van der Waals surface area (Å²) in [7, 11) is 0. The second-order valence-corrected chi connectivity index (χ2v) is 7.48. The van der Waals surface area contributed by atoms with E-state index in [0.717, 1.165) is 22.1 Å². The highest BCUT2D eigenvalue weighted by atomic mass is 35.5. The van der Waals surface area contributed by atoms with Crippen molar-refractivity contribution in [1.29, 1.82) is 0 Å². The predicted octanol–water partition coefficient (Wildman–Crippen LogP) is 5.13. The number of hydrogen-bond donors (Lipinski definition) is 0. The van der Waals surface area contributed by atoms with Gasteiger partial charge in [-0.15, -0.1) is 0 Å². The average molecular weight is 379 g/mol. The van der Waals surface area contributed by atoms with Gasteiger partial charge in [0.15, 0.2) is 5.16 Å². The maximum absolute atomic E-state index is 6.43. The first-order chi connectivity index (χ1) is 11.5. The first kappa shape index (κ1) is 17.3. The zero-order valence-electron chi connectivity index (χ0n) is 13.3. The molecule has 0 aliphatic carbocycles. The maximum atomic E-state index is 6.43. The summed E-state index contributed by atoms with van der Waals surface area (Å²) in [6.45, 7) is 4.65. The van der Waals surface area contributed by atoms with Gasteiger partial charge >= 0.3 is 0 Å². The highest BCUT2D eigenvalue weighted by Crippen LogP contribution is 2.39. The fourth-order valence-electron chi connectivity index (χ4n) is 2.42. The molecule has 3 aromatic rings. The molecule has 2 heterocycles. The third-order valence-corrected chi connectivity index (χ3v) is 5.10. The Morgan fingerprint density at radius 2 is 1.88 bits per heavy atom. The Hall–Kier alpha value is -1.56. The molecule has 7 heteroatoms. The van der Waals surface area contributed by atoms with E-state index in [1.54, 1.807) is 30.4 Å². The van der Waals surface area contributed by atoms with Gasteiger partial charge in [-0.25, -0.2) is 15.0 Å². The number of rotatable bonds is 5. The van der Waals surface area contributed by atoms with E-state index in [2.05, 4.69) is 15.0 Å². The standard InChI is InChI=1S/C17H16Cl2N4S/c1-11-7-12(2)22-17(21-11)24-16(9-23-6-5-20-10-23)14-4-3-13(18)8-15(14)19/h3-8,10,16H,9H2,1-2H3. The molecular formula is C17H16Cl2N4S. The molecule has 0 fully saturated rings. The summed E-state index contributed by atoms with van der Waals surface area (Å²) in [6.07, 6.45) is 5.48. The summed E-state index contributed by atoms with van der Waals surface area (Å²) in [5, 5.41) is 2.05. The molecule has 4 nitrogen and oxygen atoms in total. The second-order valence-electron chi connectivity index (χ2n) is 5.47. The summed E-state index contributed by atoms with van der Waals surface area (Å²) in [6, 6.07) is 7.54. The first-order valence-electron chi connectivity index (χ1n) is 7.41. The van der Waals surface area contributed by atoms with Gasteiger partial charge in [0, 0.05) is 40.4 Å². The average Bonchev–Trinajstić information content (AvgIpc) is 2.98. The SMILES string of the molecule is Cc1cc(C)nc(SC(Cn2ccnc2)c2ccc(Cl)cc2Cl)n1. The van der Waals surface area contributed by atoms with E-state index < -0.39 is 0 Å². The zero-order valence-corrected chi connectivity index (χ0v) is 15.6. The highest BCUT2D eigenvalue weighted by Gasteiger charge is 2.19. The van der Waals surface area contributed by atoms with Crippen LogP contribution in [0.2, 0.25) is 10.0 Å². The first-order valence-corrected chi connectivity index (χ1v) is 9.04. The molecule has 1 atom stereocenters. The molecule has 0 spiro atoms. The minimum absolute atomic E-state index is 0.0465. The fraction of sp³-hybridized carbons (Fsp3) is 0.235. The molecule has 0 saturated heterocycles. The molecule has 1 unspecified atom stereocenters. The second kappa shape index (κ2) is 7.55. The van der Waals surface area contributed by atoms with E-state index in [0.29, 0.717) is 16.6 Å². The van der Waals surface area contributed by atoms with Crippen molar-refractivity contribution in [3.8, 4) is 0 Å². The van der Waals surface area contributed by atoms with Crippen molar-refractivity contribution >= 4 is 35.0 Å². The van der Waals surface area contributed by atoms with Gasteiger partial charge in [-0.05, 0) is 37.6 Å².